The lowest BCUT2D eigenvalue weighted by Gasteiger charge is -2.23. The smallest absolute Gasteiger partial charge is 0.392 e. The average Bonchev–Trinajstić information content (AvgIpc) is 2.92. The molecule has 1 unspecified atom stereocenters. The van der Waals surface area contributed by atoms with Crippen LogP contribution < -0.4 is 0 Å². The van der Waals surface area contributed by atoms with Crippen LogP contribution >= 0.6 is 0 Å². The van der Waals surface area contributed by atoms with Crippen LogP contribution in [0.15, 0.2) is 36.7 Å². The SMILES string of the molecule is C[C@H](C(C(=O)O)c1ccc(-n2nccn2)cc1)C(F)(F)F. The first-order chi connectivity index (χ1) is 9.80. The zero-order valence-corrected chi connectivity index (χ0v) is 10.9. The van der Waals surface area contributed by atoms with Gasteiger partial charge in [-0.15, -0.1) is 0 Å². The van der Waals surface area contributed by atoms with Gasteiger partial charge in [0.2, 0.25) is 0 Å². The van der Waals surface area contributed by atoms with Crippen molar-refractivity contribution in [3.05, 3.63) is 42.2 Å². The summed E-state index contributed by atoms with van der Waals surface area (Å²) in [5.74, 6) is -5.14. The Morgan fingerprint density at radius 2 is 1.71 bits per heavy atom. The molecule has 0 radical (unpaired) electrons. The highest BCUT2D eigenvalue weighted by Crippen LogP contribution is 2.37. The maximum Gasteiger partial charge on any atom is 0.392 e. The van der Waals surface area contributed by atoms with Gasteiger partial charge in [-0.05, 0) is 17.7 Å². The summed E-state index contributed by atoms with van der Waals surface area (Å²) in [7, 11) is 0. The predicted molar refractivity (Wildman–Crippen MR) is 67.0 cm³/mol. The zero-order chi connectivity index (χ0) is 15.6. The third kappa shape index (κ3) is 3.21. The van der Waals surface area contributed by atoms with Crippen LogP contribution in [0.25, 0.3) is 5.69 Å². The Morgan fingerprint density at radius 1 is 1.19 bits per heavy atom. The van der Waals surface area contributed by atoms with Crippen molar-refractivity contribution in [1.29, 1.82) is 0 Å². The zero-order valence-electron chi connectivity index (χ0n) is 10.9. The lowest BCUT2D eigenvalue weighted by molar-refractivity contribution is -0.183. The van der Waals surface area contributed by atoms with Crippen molar-refractivity contribution in [2.45, 2.75) is 19.0 Å². The molecule has 0 spiro atoms. The van der Waals surface area contributed by atoms with Gasteiger partial charge in [0, 0.05) is 0 Å². The molecule has 2 rings (SSSR count). The highest BCUT2D eigenvalue weighted by atomic mass is 19.4. The van der Waals surface area contributed by atoms with E-state index in [0.717, 1.165) is 6.92 Å². The Hall–Kier alpha value is -2.38. The molecule has 112 valence electrons. The van der Waals surface area contributed by atoms with Crippen molar-refractivity contribution >= 4 is 5.97 Å². The number of benzene rings is 1. The van der Waals surface area contributed by atoms with Gasteiger partial charge in [0.15, 0.2) is 0 Å². The van der Waals surface area contributed by atoms with Gasteiger partial charge in [-0.1, -0.05) is 19.1 Å². The van der Waals surface area contributed by atoms with Gasteiger partial charge in [0.05, 0.1) is 29.9 Å². The molecule has 1 aromatic carbocycles. The van der Waals surface area contributed by atoms with Crippen molar-refractivity contribution in [2.24, 2.45) is 5.92 Å². The maximum absolute atomic E-state index is 12.8. The minimum atomic E-state index is -4.58. The van der Waals surface area contributed by atoms with E-state index in [1.165, 1.54) is 41.5 Å². The topological polar surface area (TPSA) is 68.0 Å². The monoisotopic (exact) mass is 299 g/mol. The van der Waals surface area contributed by atoms with Gasteiger partial charge in [0.25, 0.3) is 0 Å². The van der Waals surface area contributed by atoms with Gasteiger partial charge < -0.3 is 5.11 Å². The fourth-order valence-electron chi connectivity index (χ4n) is 2.00. The molecule has 0 saturated carbocycles. The van der Waals surface area contributed by atoms with Crippen molar-refractivity contribution in [3.63, 3.8) is 0 Å². The molecule has 5 nitrogen and oxygen atoms in total. The molecule has 0 fully saturated rings. The second kappa shape index (κ2) is 5.55. The molecule has 0 aliphatic heterocycles. The number of nitrogens with zero attached hydrogens (tertiary/aromatic N) is 3. The predicted octanol–water partition coefficient (Wildman–Crippen LogP) is 2.63. The first-order valence-electron chi connectivity index (χ1n) is 6.07. The van der Waals surface area contributed by atoms with Gasteiger partial charge in [-0.2, -0.15) is 28.2 Å². The van der Waals surface area contributed by atoms with Gasteiger partial charge in [-0.25, -0.2) is 0 Å². The van der Waals surface area contributed by atoms with Crippen molar-refractivity contribution in [1.82, 2.24) is 15.0 Å². The van der Waals surface area contributed by atoms with Crippen LogP contribution in [0.4, 0.5) is 13.2 Å². The number of hydrogen-bond acceptors (Lipinski definition) is 3. The minimum absolute atomic E-state index is 0.0863. The Kier molecular flexibility index (Phi) is 3.97. The van der Waals surface area contributed by atoms with Gasteiger partial charge in [0.1, 0.15) is 0 Å². The van der Waals surface area contributed by atoms with Gasteiger partial charge in [-0.3, -0.25) is 4.79 Å². The van der Waals surface area contributed by atoms with Crippen LogP contribution in [0.5, 0.6) is 0 Å². The molecule has 2 atom stereocenters. The second-order valence-corrected chi connectivity index (χ2v) is 4.56. The highest BCUT2D eigenvalue weighted by Gasteiger charge is 2.44. The summed E-state index contributed by atoms with van der Waals surface area (Å²) in [6.45, 7) is 0.863. The summed E-state index contributed by atoms with van der Waals surface area (Å²) in [5, 5.41) is 16.8. The molecule has 21 heavy (non-hydrogen) atoms. The van der Waals surface area contributed by atoms with E-state index in [2.05, 4.69) is 10.2 Å². The van der Waals surface area contributed by atoms with E-state index in [-0.39, 0.29) is 5.56 Å². The summed E-state index contributed by atoms with van der Waals surface area (Å²) < 4.78 is 38.3. The number of alkyl halides is 3. The Balaban J connectivity index is 2.32. The van der Waals surface area contributed by atoms with Gasteiger partial charge >= 0.3 is 12.1 Å². The van der Waals surface area contributed by atoms with E-state index in [4.69, 9.17) is 5.11 Å². The maximum atomic E-state index is 12.8. The third-order valence-electron chi connectivity index (χ3n) is 3.18. The molecule has 2 aromatic rings. The van der Waals surface area contributed by atoms with E-state index in [0.29, 0.717) is 5.69 Å². The summed E-state index contributed by atoms with van der Waals surface area (Å²) >= 11 is 0. The van der Waals surface area contributed by atoms with Crippen LogP contribution in [0.3, 0.4) is 0 Å². The molecule has 1 aromatic heterocycles. The highest BCUT2D eigenvalue weighted by molar-refractivity contribution is 5.76. The molecule has 0 bridgehead atoms. The van der Waals surface area contributed by atoms with E-state index in [1.807, 2.05) is 0 Å². The molecular formula is C13H12F3N3O2. The normalized spacial score (nSPS) is 14.7. The molecule has 0 aliphatic rings. The van der Waals surface area contributed by atoms with Crippen molar-refractivity contribution < 1.29 is 23.1 Å². The molecule has 8 heteroatoms. The van der Waals surface area contributed by atoms with E-state index in [9.17, 15) is 18.0 Å². The number of hydrogen-bond donors (Lipinski definition) is 1. The van der Waals surface area contributed by atoms with Crippen LogP contribution in [-0.2, 0) is 4.79 Å². The van der Waals surface area contributed by atoms with E-state index < -0.39 is 24.0 Å². The molecule has 1 heterocycles. The molecule has 0 amide bonds. The largest absolute Gasteiger partial charge is 0.481 e. The van der Waals surface area contributed by atoms with Crippen molar-refractivity contribution in [3.8, 4) is 5.69 Å². The molecule has 0 aliphatic carbocycles. The van der Waals surface area contributed by atoms with Crippen LogP contribution in [0.1, 0.15) is 18.4 Å². The standard InChI is InChI=1S/C13H12F3N3O2/c1-8(13(14,15)16)11(12(20)21)9-2-4-10(5-3-9)19-17-6-7-18-19/h2-8,11H,1H3,(H,20,21)/t8-,11?/m1/s1. The number of aliphatic carboxylic acids is 1. The fourth-order valence-corrected chi connectivity index (χ4v) is 2.00. The molecule has 1 N–H and O–H groups in total. The average molecular weight is 299 g/mol. The van der Waals surface area contributed by atoms with Crippen LogP contribution in [0.2, 0.25) is 0 Å². The lowest BCUT2D eigenvalue weighted by Crippen LogP contribution is -2.31. The number of carboxylic acid groups (broad SMARTS) is 1. The number of rotatable bonds is 4. The molecular weight excluding hydrogens is 287 g/mol. The number of aromatic nitrogens is 3. The van der Waals surface area contributed by atoms with Crippen molar-refractivity contribution in [2.75, 3.05) is 0 Å². The summed E-state index contributed by atoms with van der Waals surface area (Å²) in [6, 6.07) is 5.65. The van der Waals surface area contributed by atoms with Crippen LogP contribution in [-0.4, -0.2) is 32.2 Å². The number of carbonyl (C=O) groups is 1. The lowest BCUT2D eigenvalue weighted by atomic mass is 9.87. The second-order valence-electron chi connectivity index (χ2n) is 4.56. The van der Waals surface area contributed by atoms with Crippen LogP contribution in [0, 0.1) is 5.92 Å². The number of carboxylic acids is 1. The summed E-state index contributed by atoms with van der Waals surface area (Å²) in [4.78, 5) is 12.5. The Labute approximate surface area is 118 Å². The summed E-state index contributed by atoms with van der Waals surface area (Å²) in [5.41, 5.74) is 0.621. The molecule has 0 saturated heterocycles. The van der Waals surface area contributed by atoms with E-state index >= 15 is 0 Å². The fraction of sp³-hybridized carbons (Fsp3) is 0.308. The Morgan fingerprint density at radius 3 is 2.14 bits per heavy atom. The third-order valence-corrected chi connectivity index (χ3v) is 3.18. The Bertz CT molecular complexity index is 609. The summed E-state index contributed by atoms with van der Waals surface area (Å²) in [6.07, 6.45) is -1.66. The quantitative estimate of drug-likeness (QED) is 0.942. The first kappa shape index (κ1) is 15.0. The minimum Gasteiger partial charge on any atom is -0.481 e. The number of halogens is 3. The van der Waals surface area contributed by atoms with E-state index in [1.54, 1.807) is 0 Å². The first-order valence-corrected chi connectivity index (χ1v) is 6.07.